The minimum atomic E-state index is -0.701. The minimum absolute atomic E-state index is 0.0972. The van der Waals surface area contributed by atoms with Crippen molar-refractivity contribution in [3.8, 4) is 0 Å². The summed E-state index contributed by atoms with van der Waals surface area (Å²) in [4.78, 5) is 44.2. The zero-order chi connectivity index (χ0) is 21.0. The zero-order valence-corrected chi connectivity index (χ0v) is 17.6. The molecule has 3 aliphatic heterocycles. The van der Waals surface area contributed by atoms with Crippen LogP contribution in [-0.2, 0) is 14.3 Å². The van der Waals surface area contributed by atoms with Gasteiger partial charge < -0.3 is 9.64 Å². The molecule has 0 unspecified atom stereocenters. The molecule has 2 amide bonds. The average Bonchev–Trinajstić information content (AvgIpc) is 3.44. The molecule has 5 rings (SSSR count). The number of anilines is 1. The van der Waals surface area contributed by atoms with Gasteiger partial charge in [-0.25, -0.2) is 0 Å². The van der Waals surface area contributed by atoms with E-state index in [9.17, 15) is 14.4 Å². The number of benzene rings is 1. The molecule has 0 radical (unpaired) electrons. The van der Waals surface area contributed by atoms with Gasteiger partial charge in [0.15, 0.2) is 5.78 Å². The Morgan fingerprint density at radius 2 is 1.87 bits per heavy atom. The molecule has 1 aromatic heterocycles. The van der Waals surface area contributed by atoms with Gasteiger partial charge in [0, 0.05) is 18.4 Å². The van der Waals surface area contributed by atoms with E-state index in [1.54, 1.807) is 13.2 Å². The van der Waals surface area contributed by atoms with Crippen molar-refractivity contribution in [2.75, 3.05) is 25.2 Å². The molecule has 0 aliphatic carbocycles. The fraction of sp³-hybridized carbons (Fsp3) is 0.348. The number of hydrogen-bond acceptors (Lipinski definition) is 6. The maximum Gasteiger partial charge on any atom is 0.235 e. The molecule has 0 bridgehead atoms. The van der Waals surface area contributed by atoms with Gasteiger partial charge >= 0.3 is 0 Å². The van der Waals surface area contributed by atoms with E-state index >= 15 is 0 Å². The monoisotopic (exact) mass is 422 g/mol. The van der Waals surface area contributed by atoms with Crippen LogP contribution in [0.3, 0.4) is 0 Å². The van der Waals surface area contributed by atoms with E-state index in [-0.39, 0.29) is 36.8 Å². The number of para-hydroxylation sites is 1. The molecule has 30 heavy (non-hydrogen) atoms. The normalized spacial score (nSPS) is 27.1. The number of fused-ring (bicyclic) bond motifs is 5. The Hall–Kier alpha value is -2.77. The zero-order valence-electron chi connectivity index (χ0n) is 16.8. The van der Waals surface area contributed by atoms with Crippen molar-refractivity contribution in [3.63, 3.8) is 0 Å². The Morgan fingerprint density at radius 3 is 2.60 bits per heavy atom. The summed E-state index contributed by atoms with van der Waals surface area (Å²) in [7, 11) is 1.54. The Kier molecular flexibility index (Phi) is 4.60. The Bertz CT molecular complexity index is 1060. The van der Waals surface area contributed by atoms with Crippen LogP contribution in [0.15, 0.2) is 47.9 Å². The van der Waals surface area contributed by atoms with Gasteiger partial charge in [0.2, 0.25) is 11.8 Å². The number of methoxy groups -OCH3 is 1. The molecule has 2 fully saturated rings. The molecule has 2 aromatic rings. The number of carbonyl (C=O) groups is 3. The lowest BCUT2D eigenvalue weighted by Crippen LogP contribution is -2.49. The number of Topliss-reactive ketones (excluding diaryl/α,β-unsaturated/α-hetero) is 1. The van der Waals surface area contributed by atoms with Crippen LogP contribution in [0.2, 0.25) is 0 Å². The first-order valence-corrected chi connectivity index (χ1v) is 10.9. The Morgan fingerprint density at radius 1 is 1.10 bits per heavy atom. The summed E-state index contributed by atoms with van der Waals surface area (Å²) in [6.45, 7) is 2.52. The van der Waals surface area contributed by atoms with Gasteiger partial charge in [-0.1, -0.05) is 30.3 Å². The van der Waals surface area contributed by atoms with Gasteiger partial charge in [0.1, 0.15) is 6.04 Å². The smallest absolute Gasteiger partial charge is 0.235 e. The summed E-state index contributed by atoms with van der Waals surface area (Å²) in [6, 6.07) is 10.5. The SMILES string of the molecule is COCCN1C(=O)[C@@H]2[C@H](C1=O)[C@H](C(=O)c1cccs1)N1c3ccccc3C(C)=C[C@@H]21. The third-order valence-corrected chi connectivity index (χ3v) is 7.28. The van der Waals surface area contributed by atoms with E-state index in [1.807, 2.05) is 53.6 Å². The molecule has 2 saturated heterocycles. The second-order valence-corrected chi connectivity index (χ2v) is 8.87. The van der Waals surface area contributed by atoms with Gasteiger partial charge in [-0.3, -0.25) is 19.3 Å². The maximum absolute atomic E-state index is 13.6. The number of carbonyl (C=O) groups excluding carboxylic acids is 3. The van der Waals surface area contributed by atoms with Crippen molar-refractivity contribution in [1.29, 1.82) is 0 Å². The standard InChI is InChI=1S/C23H22N2O4S/c1-13-12-16-18-19(23(28)24(22(18)27)9-10-29-2)20(21(26)17-8-5-11-30-17)25(16)15-7-4-3-6-14(13)15/h3-8,11-12,16,18-20H,9-10H2,1-2H3/t16-,18-,19-,20+/m0/s1. The molecule has 0 N–H and O–H groups in total. The van der Waals surface area contributed by atoms with Crippen LogP contribution in [-0.4, -0.2) is 54.8 Å². The highest BCUT2D eigenvalue weighted by Gasteiger charge is 2.64. The van der Waals surface area contributed by atoms with E-state index < -0.39 is 17.9 Å². The number of imide groups is 1. The van der Waals surface area contributed by atoms with Crippen LogP contribution in [0.1, 0.15) is 22.2 Å². The van der Waals surface area contributed by atoms with Crippen LogP contribution in [0.25, 0.3) is 5.57 Å². The highest BCUT2D eigenvalue weighted by Crippen LogP contribution is 2.50. The van der Waals surface area contributed by atoms with Gasteiger partial charge in [-0.15, -0.1) is 11.3 Å². The molecule has 6 nitrogen and oxygen atoms in total. The second-order valence-electron chi connectivity index (χ2n) is 7.92. The molecule has 1 aromatic carbocycles. The largest absolute Gasteiger partial charge is 0.383 e. The molecular weight excluding hydrogens is 400 g/mol. The predicted molar refractivity (Wildman–Crippen MR) is 114 cm³/mol. The van der Waals surface area contributed by atoms with E-state index in [0.717, 1.165) is 16.8 Å². The Labute approximate surface area is 178 Å². The average molecular weight is 423 g/mol. The number of likely N-dealkylation sites (tertiary alicyclic amines) is 1. The van der Waals surface area contributed by atoms with E-state index in [0.29, 0.717) is 4.88 Å². The first-order valence-electron chi connectivity index (χ1n) is 10.0. The summed E-state index contributed by atoms with van der Waals surface area (Å²) < 4.78 is 5.09. The number of ketones is 1. The fourth-order valence-electron chi connectivity index (χ4n) is 5.13. The molecule has 4 atom stereocenters. The molecule has 154 valence electrons. The van der Waals surface area contributed by atoms with Crippen molar-refractivity contribution in [2.24, 2.45) is 11.8 Å². The number of rotatable bonds is 5. The number of amides is 2. The number of allylic oxidation sites excluding steroid dienone is 1. The number of ether oxygens (including phenoxy) is 1. The van der Waals surface area contributed by atoms with E-state index in [2.05, 4.69) is 0 Å². The van der Waals surface area contributed by atoms with Crippen molar-refractivity contribution < 1.29 is 19.1 Å². The minimum Gasteiger partial charge on any atom is -0.383 e. The van der Waals surface area contributed by atoms with Gasteiger partial charge in [0.05, 0.1) is 35.9 Å². The number of thiophene rings is 1. The second kappa shape index (κ2) is 7.18. The Balaban J connectivity index is 1.65. The van der Waals surface area contributed by atoms with Crippen molar-refractivity contribution in [2.45, 2.75) is 19.0 Å². The summed E-state index contributed by atoms with van der Waals surface area (Å²) in [6.07, 6.45) is 2.05. The molecule has 3 aliphatic rings. The number of nitrogens with zero attached hydrogens (tertiary/aromatic N) is 2. The van der Waals surface area contributed by atoms with Crippen molar-refractivity contribution >= 4 is 40.2 Å². The summed E-state index contributed by atoms with van der Waals surface area (Å²) in [5.74, 6) is -1.83. The van der Waals surface area contributed by atoms with Crippen LogP contribution in [0.5, 0.6) is 0 Å². The summed E-state index contributed by atoms with van der Waals surface area (Å²) in [5.41, 5.74) is 3.01. The van der Waals surface area contributed by atoms with Gasteiger partial charge in [-0.05, 0) is 30.0 Å². The lowest BCUT2D eigenvalue weighted by atomic mass is 9.86. The van der Waals surface area contributed by atoms with Crippen molar-refractivity contribution in [1.82, 2.24) is 4.90 Å². The summed E-state index contributed by atoms with van der Waals surface area (Å²) in [5, 5.41) is 1.86. The quantitative estimate of drug-likeness (QED) is 0.548. The van der Waals surface area contributed by atoms with Crippen LogP contribution in [0.4, 0.5) is 5.69 Å². The van der Waals surface area contributed by atoms with E-state index in [4.69, 9.17) is 4.74 Å². The highest BCUT2D eigenvalue weighted by atomic mass is 32.1. The third-order valence-electron chi connectivity index (χ3n) is 6.40. The van der Waals surface area contributed by atoms with Crippen LogP contribution >= 0.6 is 11.3 Å². The van der Waals surface area contributed by atoms with Crippen LogP contribution in [0, 0.1) is 11.8 Å². The third kappa shape index (κ3) is 2.62. The predicted octanol–water partition coefficient (Wildman–Crippen LogP) is 2.85. The molecule has 7 heteroatoms. The van der Waals surface area contributed by atoms with E-state index in [1.165, 1.54) is 16.2 Å². The lowest BCUT2D eigenvalue weighted by molar-refractivity contribution is -0.141. The topological polar surface area (TPSA) is 66.9 Å². The fourth-order valence-corrected chi connectivity index (χ4v) is 5.82. The molecule has 0 spiro atoms. The van der Waals surface area contributed by atoms with Gasteiger partial charge in [-0.2, -0.15) is 0 Å². The van der Waals surface area contributed by atoms with Crippen LogP contribution < -0.4 is 4.90 Å². The maximum atomic E-state index is 13.6. The molecular formula is C23H22N2O4S. The van der Waals surface area contributed by atoms with Gasteiger partial charge in [0.25, 0.3) is 0 Å². The number of hydrogen-bond donors (Lipinski definition) is 0. The highest BCUT2D eigenvalue weighted by molar-refractivity contribution is 7.12. The first kappa shape index (κ1) is 19.2. The summed E-state index contributed by atoms with van der Waals surface area (Å²) >= 11 is 1.37. The molecule has 4 heterocycles. The molecule has 0 saturated carbocycles. The van der Waals surface area contributed by atoms with Crippen molar-refractivity contribution in [3.05, 3.63) is 58.3 Å². The first-order chi connectivity index (χ1) is 14.5. The lowest BCUT2D eigenvalue weighted by Gasteiger charge is -2.37.